The van der Waals surface area contributed by atoms with Crippen molar-refractivity contribution in [2.24, 2.45) is 5.92 Å². The molecular weight excluding hydrogens is 272 g/mol. The maximum Gasteiger partial charge on any atom is 0.327 e. The predicted octanol–water partition coefficient (Wildman–Crippen LogP) is 2.15. The lowest BCUT2D eigenvalue weighted by Gasteiger charge is -2.19. The van der Waals surface area contributed by atoms with E-state index in [4.69, 9.17) is 14.9 Å². The highest BCUT2D eigenvalue weighted by Gasteiger charge is 2.15. The van der Waals surface area contributed by atoms with Crippen LogP contribution in [0.3, 0.4) is 0 Å². The van der Waals surface area contributed by atoms with Crippen LogP contribution in [0.1, 0.15) is 31.4 Å². The van der Waals surface area contributed by atoms with E-state index in [2.05, 4.69) is 0 Å². The Bertz CT molecular complexity index is 452. The Morgan fingerprint density at radius 2 is 2.00 bits per heavy atom. The molecule has 0 saturated carbocycles. The lowest BCUT2D eigenvalue weighted by molar-refractivity contribution is -0.131. The zero-order valence-corrected chi connectivity index (χ0v) is 12.1. The zero-order chi connectivity index (χ0) is 15.7. The van der Waals surface area contributed by atoms with Crippen LogP contribution < -0.4 is 4.74 Å². The van der Waals surface area contributed by atoms with Gasteiger partial charge in [0, 0.05) is 6.08 Å². The maximum atomic E-state index is 10.3. The zero-order valence-electron chi connectivity index (χ0n) is 12.1. The second kappa shape index (κ2) is 9.15. The number of carbonyl (C=O) groups is 1. The lowest BCUT2D eigenvalue weighted by Crippen LogP contribution is -2.09. The van der Waals surface area contributed by atoms with Crippen molar-refractivity contribution >= 4 is 5.97 Å². The summed E-state index contributed by atoms with van der Waals surface area (Å²) in [6.07, 6.45) is 3.43. The maximum absolute atomic E-state index is 10.3. The number of carboxylic acids is 1. The van der Waals surface area contributed by atoms with Crippen LogP contribution >= 0.6 is 0 Å². The first-order chi connectivity index (χ1) is 10.0. The summed E-state index contributed by atoms with van der Waals surface area (Å²) in [4.78, 5) is 10.3. The Kier molecular flexibility index (Phi) is 7.50. The molecule has 3 N–H and O–H groups in total. The molecule has 0 unspecified atom stereocenters. The van der Waals surface area contributed by atoms with E-state index in [0.717, 1.165) is 11.6 Å². The molecule has 1 aromatic carbocycles. The third-order valence-electron chi connectivity index (χ3n) is 3.17. The highest BCUT2D eigenvalue weighted by molar-refractivity contribution is 5.79. The van der Waals surface area contributed by atoms with Gasteiger partial charge in [0.15, 0.2) is 0 Å². The Morgan fingerprint density at radius 1 is 1.33 bits per heavy atom. The number of aliphatic hydroxyl groups excluding tert-OH is 2. The summed E-state index contributed by atoms with van der Waals surface area (Å²) in [5, 5.41) is 27.4. The van der Waals surface area contributed by atoms with E-state index < -0.39 is 12.1 Å². The summed E-state index contributed by atoms with van der Waals surface area (Å²) in [7, 11) is 0. The van der Waals surface area contributed by atoms with Gasteiger partial charge in [0.05, 0.1) is 12.7 Å². The molecule has 0 aromatic heterocycles. The first-order valence-electron chi connectivity index (χ1n) is 6.95. The molecular formula is C16H22O5. The minimum absolute atomic E-state index is 0.0210. The smallest absolute Gasteiger partial charge is 0.327 e. The molecule has 1 rings (SSSR count). The average molecular weight is 294 g/mol. The molecule has 0 saturated heterocycles. The van der Waals surface area contributed by atoms with Crippen molar-refractivity contribution in [2.45, 2.75) is 25.9 Å². The Labute approximate surface area is 124 Å². The summed E-state index contributed by atoms with van der Waals surface area (Å²) < 4.78 is 5.26. The van der Waals surface area contributed by atoms with Gasteiger partial charge in [-0.2, -0.15) is 0 Å². The number of aliphatic carboxylic acids is 1. The topological polar surface area (TPSA) is 87.0 Å². The number of hydrogen-bond donors (Lipinski definition) is 3. The number of allylic oxidation sites excluding steroid dienone is 1. The van der Waals surface area contributed by atoms with E-state index in [1.54, 1.807) is 30.3 Å². The lowest BCUT2D eigenvalue weighted by atomic mass is 9.93. The van der Waals surface area contributed by atoms with Crippen molar-refractivity contribution in [3.8, 4) is 5.75 Å². The fraction of sp³-hybridized carbons (Fsp3) is 0.438. The fourth-order valence-corrected chi connectivity index (χ4v) is 1.95. The molecule has 0 heterocycles. The van der Waals surface area contributed by atoms with Crippen LogP contribution in [0.15, 0.2) is 36.4 Å². The van der Waals surface area contributed by atoms with Gasteiger partial charge < -0.3 is 20.1 Å². The quantitative estimate of drug-likeness (QED) is 0.607. The second-order valence-electron chi connectivity index (χ2n) is 4.88. The Balaban J connectivity index is 2.49. The average Bonchev–Trinajstić information content (AvgIpc) is 2.49. The highest BCUT2D eigenvalue weighted by atomic mass is 16.5. The molecule has 1 aromatic rings. The number of benzene rings is 1. The van der Waals surface area contributed by atoms with Crippen LogP contribution in [0.4, 0.5) is 0 Å². The molecule has 0 radical (unpaired) electrons. The normalized spacial score (nSPS) is 14.0. The number of hydrogen-bond acceptors (Lipinski definition) is 4. The van der Waals surface area contributed by atoms with Crippen LogP contribution in [0.5, 0.6) is 5.75 Å². The Morgan fingerprint density at radius 3 is 2.57 bits per heavy atom. The molecule has 0 spiro atoms. The molecule has 0 amide bonds. The minimum atomic E-state index is -0.957. The predicted molar refractivity (Wildman–Crippen MR) is 79.2 cm³/mol. The van der Waals surface area contributed by atoms with Crippen LogP contribution in [-0.4, -0.2) is 34.5 Å². The van der Waals surface area contributed by atoms with Crippen molar-refractivity contribution in [1.82, 2.24) is 0 Å². The van der Waals surface area contributed by atoms with Crippen molar-refractivity contribution < 1.29 is 24.9 Å². The second-order valence-corrected chi connectivity index (χ2v) is 4.88. The van der Waals surface area contributed by atoms with Crippen molar-refractivity contribution in [2.75, 3.05) is 13.2 Å². The van der Waals surface area contributed by atoms with Crippen LogP contribution in [0.25, 0.3) is 0 Å². The van der Waals surface area contributed by atoms with Crippen LogP contribution in [0, 0.1) is 5.92 Å². The summed E-state index contributed by atoms with van der Waals surface area (Å²) in [5.74, 6) is -0.286. The SMILES string of the molecule is C[C@@H](CC/C=C/C(=O)O)[C@H](O)c1ccc(OCCO)cc1. The first kappa shape index (κ1) is 17.2. The molecule has 116 valence electrons. The molecule has 5 nitrogen and oxygen atoms in total. The van der Waals surface area contributed by atoms with Gasteiger partial charge in [-0.25, -0.2) is 4.79 Å². The van der Waals surface area contributed by atoms with E-state index in [1.165, 1.54) is 0 Å². The van der Waals surface area contributed by atoms with E-state index in [0.29, 0.717) is 18.6 Å². The van der Waals surface area contributed by atoms with Gasteiger partial charge in [0.1, 0.15) is 12.4 Å². The van der Waals surface area contributed by atoms with E-state index in [1.807, 2.05) is 6.92 Å². The van der Waals surface area contributed by atoms with Gasteiger partial charge in [-0.3, -0.25) is 0 Å². The number of rotatable bonds is 9. The van der Waals surface area contributed by atoms with Gasteiger partial charge in [-0.15, -0.1) is 0 Å². The molecule has 21 heavy (non-hydrogen) atoms. The molecule has 2 atom stereocenters. The van der Waals surface area contributed by atoms with Gasteiger partial charge in [-0.1, -0.05) is 25.1 Å². The number of ether oxygens (including phenoxy) is 1. The molecule has 0 bridgehead atoms. The van der Waals surface area contributed by atoms with Crippen molar-refractivity contribution in [1.29, 1.82) is 0 Å². The highest BCUT2D eigenvalue weighted by Crippen LogP contribution is 2.26. The third-order valence-corrected chi connectivity index (χ3v) is 3.17. The first-order valence-corrected chi connectivity index (χ1v) is 6.95. The summed E-state index contributed by atoms with van der Waals surface area (Å²) in [6, 6.07) is 7.10. The summed E-state index contributed by atoms with van der Waals surface area (Å²) >= 11 is 0. The molecule has 5 heteroatoms. The molecule has 0 aliphatic carbocycles. The van der Waals surface area contributed by atoms with Gasteiger partial charge in [0.2, 0.25) is 0 Å². The van der Waals surface area contributed by atoms with Crippen LogP contribution in [0.2, 0.25) is 0 Å². The van der Waals surface area contributed by atoms with E-state index in [-0.39, 0.29) is 19.1 Å². The fourth-order valence-electron chi connectivity index (χ4n) is 1.95. The standard InChI is InChI=1S/C16H22O5/c1-12(4-2-3-5-15(18)19)16(20)13-6-8-14(9-7-13)21-11-10-17/h3,5-9,12,16-17,20H,2,4,10-11H2,1H3,(H,18,19)/b5-3+/t12-,16-/m0/s1. The number of carboxylic acid groups (broad SMARTS) is 1. The van der Waals surface area contributed by atoms with Gasteiger partial charge in [-0.05, 0) is 36.5 Å². The summed E-state index contributed by atoms with van der Waals surface area (Å²) in [6.45, 7) is 2.13. The largest absolute Gasteiger partial charge is 0.491 e. The van der Waals surface area contributed by atoms with Gasteiger partial charge >= 0.3 is 5.97 Å². The van der Waals surface area contributed by atoms with Crippen LogP contribution in [-0.2, 0) is 4.79 Å². The van der Waals surface area contributed by atoms with Crippen molar-refractivity contribution in [3.63, 3.8) is 0 Å². The van der Waals surface area contributed by atoms with E-state index in [9.17, 15) is 9.90 Å². The molecule has 0 aliphatic rings. The molecule has 0 aliphatic heterocycles. The Hall–Kier alpha value is -1.85. The third kappa shape index (κ3) is 6.42. The molecule has 0 fully saturated rings. The minimum Gasteiger partial charge on any atom is -0.491 e. The summed E-state index contributed by atoms with van der Waals surface area (Å²) in [5.41, 5.74) is 0.793. The van der Waals surface area contributed by atoms with E-state index >= 15 is 0 Å². The monoisotopic (exact) mass is 294 g/mol. The number of aliphatic hydroxyl groups is 2. The van der Waals surface area contributed by atoms with Crippen molar-refractivity contribution in [3.05, 3.63) is 42.0 Å². The van der Waals surface area contributed by atoms with Gasteiger partial charge in [0.25, 0.3) is 0 Å².